The van der Waals surface area contributed by atoms with Gasteiger partial charge in [-0.3, -0.25) is 25.2 Å². The van der Waals surface area contributed by atoms with Gasteiger partial charge in [-0.2, -0.15) is 9.36 Å². The first-order valence-electron chi connectivity index (χ1n) is 9.96. The fraction of sp³-hybridized carbons (Fsp3) is 0.190. The molecule has 2 unspecified atom stereocenters. The van der Waals surface area contributed by atoms with Crippen LogP contribution in [0.25, 0.3) is 11.4 Å². The molecule has 0 saturated carbocycles. The molecule has 2 aromatic carbocycles. The predicted octanol–water partition coefficient (Wildman–Crippen LogP) is 2.33. The van der Waals surface area contributed by atoms with Crippen molar-refractivity contribution in [2.75, 3.05) is 22.5 Å². The van der Waals surface area contributed by atoms with E-state index in [4.69, 9.17) is 0 Å². The van der Waals surface area contributed by atoms with Crippen molar-refractivity contribution < 1.29 is 9.59 Å². The standard InChI is InChI=1S/C21H19N7O2S2/c29-16(23-20-24-17(27-32-20)13-7-3-1-4-8-13)12-31-21-25-18-15(11-22-26-18)19(30)28(21)14-9-5-2-6-10-14/h1-10,15,18,22,26H,11-12H2,(H,23,24,27,29). The van der Waals surface area contributed by atoms with E-state index in [0.29, 0.717) is 22.7 Å². The minimum Gasteiger partial charge on any atom is -0.300 e. The molecule has 11 heteroatoms. The first kappa shape index (κ1) is 20.8. The van der Waals surface area contributed by atoms with Gasteiger partial charge in [0.2, 0.25) is 16.9 Å². The highest BCUT2D eigenvalue weighted by atomic mass is 32.2. The minimum atomic E-state index is -0.343. The minimum absolute atomic E-state index is 0.0479. The van der Waals surface area contributed by atoms with Crippen molar-refractivity contribution in [1.29, 1.82) is 0 Å². The van der Waals surface area contributed by atoms with Crippen LogP contribution in [0.4, 0.5) is 10.8 Å². The Kier molecular flexibility index (Phi) is 5.95. The maximum absolute atomic E-state index is 13.1. The maximum Gasteiger partial charge on any atom is 0.241 e. The van der Waals surface area contributed by atoms with Crippen LogP contribution >= 0.6 is 23.3 Å². The summed E-state index contributed by atoms with van der Waals surface area (Å²) in [5, 5.41) is 3.69. The van der Waals surface area contributed by atoms with Gasteiger partial charge in [0, 0.05) is 23.6 Å². The van der Waals surface area contributed by atoms with E-state index in [2.05, 4.69) is 30.5 Å². The third kappa shape index (κ3) is 4.28. The maximum atomic E-state index is 13.1. The van der Waals surface area contributed by atoms with Crippen LogP contribution in [-0.4, -0.2) is 44.8 Å². The lowest BCUT2D eigenvalue weighted by atomic mass is 10.1. The summed E-state index contributed by atoms with van der Waals surface area (Å²) in [6, 6.07) is 18.9. The van der Waals surface area contributed by atoms with Crippen LogP contribution in [0.5, 0.6) is 0 Å². The number of nitrogens with one attached hydrogen (secondary N) is 3. The number of nitrogens with zero attached hydrogens (tertiary/aromatic N) is 4. The summed E-state index contributed by atoms with van der Waals surface area (Å²) >= 11 is 2.34. The first-order valence-corrected chi connectivity index (χ1v) is 11.7. The molecule has 3 heterocycles. The van der Waals surface area contributed by atoms with Crippen molar-refractivity contribution in [1.82, 2.24) is 20.2 Å². The molecule has 2 aliphatic heterocycles. The first-order chi connectivity index (χ1) is 15.7. The second kappa shape index (κ2) is 9.17. The van der Waals surface area contributed by atoms with Gasteiger partial charge >= 0.3 is 0 Å². The monoisotopic (exact) mass is 465 g/mol. The summed E-state index contributed by atoms with van der Waals surface area (Å²) in [6.45, 7) is 0.509. The molecule has 1 fully saturated rings. The number of thioether (sulfide) groups is 1. The molecule has 0 radical (unpaired) electrons. The summed E-state index contributed by atoms with van der Waals surface area (Å²) in [5.74, 6) is 0.0791. The van der Waals surface area contributed by atoms with Crippen molar-refractivity contribution in [2.45, 2.75) is 6.17 Å². The van der Waals surface area contributed by atoms with Crippen molar-refractivity contribution >= 4 is 51.1 Å². The number of amidine groups is 1. The molecule has 1 aromatic heterocycles. The van der Waals surface area contributed by atoms with Crippen LogP contribution in [0, 0.1) is 5.92 Å². The van der Waals surface area contributed by atoms with Crippen molar-refractivity contribution in [3.05, 3.63) is 60.7 Å². The number of carbonyl (C=O) groups is 2. The average molecular weight is 466 g/mol. The van der Waals surface area contributed by atoms with Crippen LogP contribution in [0.15, 0.2) is 65.7 Å². The number of anilines is 2. The Morgan fingerprint density at radius 3 is 2.69 bits per heavy atom. The van der Waals surface area contributed by atoms with Gasteiger partial charge in [0.15, 0.2) is 11.0 Å². The zero-order valence-electron chi connectivity index (χ0n) is 16.8. The van der Waals surface area contributed by atoms with Crippen LogP contribution in [0.1, 0.15) is 0 Å². The van der Waals surface area contributed by atoms with Gasteiger partial charge < -0.3 is 0 Å². The second-order valence-corrected chi connectivity index (χ2v) is 8.82. The highest BCUT2D eigenvalue weighted by molar-refractivity contribution is 8.14. The van der Waals surface area contributed by atoms with Gasteiger partial charge in [0.05, 0.1) is 17.4 Å². The Morgan fingerprint density at radius 2 is 1.91 bits per heavy atom. The number of para-hydroxylation sites is 1. The molecule has 162 valence electrons. The molecule has 0 aliphatic carbocycles. The summed E-state index contributed by atoms with van der Waals surface area (Å²) in [4.78, 5) is 36.4. The topological polar surface area (TPSA) is 112 Å². The van der Waals surface area contributed by atoms with E-state index in [1.54, 1.807) is 4.90 Å². The van der Waals surface area contributed by atoms with Crippen LogP contribution < -0.4 is 21.1 Å². The zero-order chi connectivity index (χ0) is 21.9. The number of aliphatic imine (C=N–C) groups is 1. The molecular formula is C21H19N7O2S2. The lowest BCUT2D eigenvalue weighted by Crippen LogP contribution is -2.49. The van der Waals surface area contributed by atoms with Crippen LogP contribution in [0.2, 0.25) is 0 Å². The highest BCUT2D eigenvalue weighted by Gasteiger charge is 2.42. The average Bonchev–Trinajstić information content (AvgIpc) is 3.49. The number of rotatable bonds is 5. The third-order valence-corrected chi connectivity index (χ3v) is 6.57. The smallest absolute Gasteiger partial charge is 0.241 e. The quantitative estimate of drug-likeness (QED) is 0.530. The van der Waals surface area contributed by atoms with Gasteiger partial charge in [-0.15, -0.1) is 0 Å². The molecule has 0 spiro atoms. The molecule has 3 aromatic rings. The van der Waals surface area contributed by atoms with E-state index in [9.17, 15) is 9.59 Å². The Labute approximate surface area is 192 Å². The molecule has 2 amide bonds. The van der Waals surface area contributed by atoms with Crippen LogP contribution in [0.3, 0.4) is 0 Å². The Bertz CT molecular complexity index is 1150. The van der Waals surface area contributed by atoms with E-state index in [-0.39, 0.29) is 29.7 Å². The zero-order valence-corrected chi connectivity index (χ0v) is 18.4. The molecule has 32 heavy (non-hydrogen) atoms. The summed E-state index contributed by atoms with van der Waals surface area (Å²) < 4.78 is 4.30. The molecular weight excluding hydrogens is 446 g/mol. The number of hydrogen-bond donors (Lipinski definition) is 3. The van der Waals surface area contributed by atoms with Gasteiger partial charge in [0.1, 0.15) is 6.17 Å². The molecule has 9 nitrogen and oxygen atoms in total. The number of fused-ring (bicyclic) bond motifs is 1. The molecule has 2 aliphatic rings. The molecule has 2 atom stereocenters. The lowest BCUT2D eigenvalue weighted by Gasteiger charge is -2.32. The third-order valence-electron chi connectivity index (χ3n) is 4.98. The van der Waals surface area contributed by atoms with Crippen molar-refractivity contribution in [3.8, 4) is 11.4 Å². The second-order valence-electron chi connectivity index (χ2n) is 7.12. The van der Waals surface area contributed by atoms with E-state index in [0.717, 1.165) is 22.8 Å². The summed E-state index contributed by atoms with van der Waals surface area (Å²) in [6.07, 6.45) is -0.343. The fourth-order valence-electron chi connectivity index (χ4n) is 3.45. The van der Waals surface area contributed by atoms with E-state index < -0.39 is 0 Å². The SMILES string of the molecule is O=C(CSC1=NC2NNCC2C(=O)N1c1ccccc1)Nc1nc(-c2ccccc2)ns1. The number of aromatic nitrogens is 2. The largest absolute Gasteiger partial charge is 0.300 e. The van der Waals surface area contributed by atoms with Crippen molar-refractivity contribution in [3.63, 3.8) is 0 Å². The molecule has 0 bridgehead atoms. The van der Waals surface area contributed by atoms with E-state index in [1.165, 1.54) is 11.8 Å². The number of carbonyl (C=O) groups excluding carboxylic acids is 2. The fourth-order valence-corrected chi connectivity index (χ4v) is 4.90. The van der Waals surface area contributed by atoms with E-state index >= 15 is 0 Å². The Morgan fingerprint density at radius 1 is 1.16 bits per heavy atom. The normalized spacial score (nSPS) is 20.1. The summed E-state index contributed by atoms with van der Waals surface area (Å²) in [7, 11) is 0. The molecule has 1 saturated heterocycles. The van der Waals surface area contributed by atoms with Gasteiger partial charge in [-0.25, -0.2) is 10.4 Å². The number of amides is 2. The molecule has 3 N–H and O–H groups in total. The number of hydrogen-bond acceptors (Lipinski definition) is 9. The highest BCUT2D eigenvalue weighted by Crippen LogP contribution is 2.29. The van der Waals surface area contributed by atoms with Gasteiger partial charge in [0.25, 0.3) is 0 Å². The van der Waals surface area contributed by atoms with Gasteiger partial charge in [-0.1, -0.05) is 60.3 Å². The number of hydrazine groups is 1. The lowest BCUT2D eigenvalue weighted by molar-refractivity contribution is -0.121. The predicted molar refractivity (Wildman–Crippen MR) is 126 cm³/mol. The van der Waals surface area contributed by atoms with E-state index in [1.807, 2.05) is 60.7 Å². The Hall–Kier alpha value is -3.12. The number of benzene rings is 2. The van der Waals surface area contributed by atoms with Crippen molar-refractivity contribution in [2.24, 2.45) is 10.9 Å². The van der Waals surface area contributed by atoms with Gasteiger partial charge in [-0.05, 0) is 12.1 Å². The molecule has 5 rings (SSSR count). The van der Waals surface area contributed by atoms with Crippen LogP contribution in [-0.2, 0) is 9.59 Å². The Balaban J connectivity index is 1.28. The summed E-state index contributed by atoms with van der Waals surface area (Å²) in [5.41, 5.74) is 7.63.